The van der Waals surface area contributed by atoms with Gasteiger partial charge < -0.3 is 4.90 Å². The number of halogens is 2. The maximum Gasteiger partial charge on any atom is 0.269 e. The second-order valence-corrected chi connectivity index (χ2v) is 8.95. The number of nitrogens with zero attached hydrogens (tertiary/aromatic N) is 3. The monoisotopic (exact) mass is 483 g/mol. The first-order chi connectivity index (χ1) is 15.6. The molecule has 0 aromatic heterocycles. The number of anilines is 2. The highest BCUT2D eigenvalue weighted by molar-refractivity contribution is 6.42. The third-order valence-electron chi connectivity index (χ3n) is 5.59. The zero-order chi connectivity index (χ0) is 23.9. The SMILES string of the molecule is CC1(C)C(=O)N(Cc2ccc(Cl)c(Cl)c2)c2ccccc2N1C(=O)c1ccc([N+](=O)[O-])cc1. The molecule has 0 aliphatic carbocycles. The lowest BCUT2D eigenvalue weighted by molar-refractivity contribution is -0.384. The van der Waals surface area contributed by atoms with E-state index in [2.05, 4.69) is 0 Å². The first-order valence-electron chi connectivity index (χ1n) is 10.0. The largest absolute Gasteiger partial charge is 0.304 e. The van der Waals surface area contributed by atoms with Crippen molar-refractivity contribution in [2.75, 3.05) is 9.80 Å². The number of carbonyl (C=O) groups is 2. The Hall–Kier alpha value is -3.42. The molecule has 1 aliphatic rings. The first-order valence-corrected chi connectivity index (χ1v) is 10.8. The van der Waals surface area contributed by atoms with E-state index >= 15 is 0 Å². The van der Waals surface area contributed by atoms with Gasteiger partial charge in [0.25, 0.3) is 17.5 Å². The third kappa shape index (κ3) is 4.05. The fourth-order valence-electron chi connectivity index (χ4n) is 3.91. The van der Waals surface area contributed by atoms with Gasteiger partial charge in [-0.15, -0.1) is 0 Å². The van der Waals surface area contributed by atoms with E-state index in [4.69, 9.17) is 23.2 Å². The molecule has 0 N–H and O–H groups in total. The van der Waals surface area contributed by atoms with E-state index in [0.717, 1.165) is 5.56 Å². The number of nitro groups is 1. The third-order valence-corrected chi connectivity index (χ3v) is 6.33. The van der Waals surface area contributed by atoms with Crippen LogP contribution in [0.3, 0.4) is 0 Å². The Morgan fingerprint density at radius 3 is 2.21 bits per heavy atom. The predicted molar refractivity (Wildman–Crippen MR) is 128 cm³/mol. The van der Waals surface area contributed by atoms with Crippen molar-refractivity contribution in [3.05, 3.63) is 98.0 Å². The number of fused-ring (bicyclic) bond motifs is 1. The molecule has 2 amide bonds. The topological polar surface area (TPSA) is 83.8 Å². The molecule has 9 heteroatoms. The van der Waals surface area contributed by atoms with Crippen LogP contribution in [0.2, 0.25) is 10.0 Å². The van der Waals surface area contributed by atoms with E-state index in [1.807, 2.05) is 0 Å². The number of non-ortho nitro benzene ring substituents is 1. The minimum atomic E-state index is -1.22. The maximum absolute atomic E-state index is 13.6. The molecule has 1 heterocycles. The van der Waals surface area contributed by atoms with Crippen LogP contribution >= 0.6 is 23.2 Å². The number of amides is 2. The Balaban J connectivity index is 1.76. The summed E-state index contributed by atoms with van der Waals surface area (Å²) in [6, 6.07) is 17.6. The summed E-state index contributed by atoms with van der Waals surface area (Å²) in [6.45, 7) is 3.60. The number of rotatable bonds is 4. The molecule has 0 radical (unpaired) electrons. The first kappa shape index (κ1) is 22.8. The standard InChI is InChI=1S/C24H19Cl2N3O4/c1-24(2)23(31)27(14-15-7-12-18(25)19(26)13-15)20-5-3-4-6-21(20)28(24)22(30)16-8-10-17(11-9-16)29(32)33/h3-13H,14H2,1-2H3. The van der Waals surface area contributed by atoms with Gasteiger partial charge in [-0.2, -0.15) is 0 Å². The predicted octanol–water partition coefficient (Wildman–Crippen LogP) is 5.87. The van der Waals surface area contributed by atoms with Gasteiger partial charge in [-0.3, -0.25) is 24.6 Å². The Kier molecular flexibility index (Phi) is 5.86. The zero-order valence-electron chi connectivity index (χ0n) is 17.8. The van der Waals surface area contributed by atoms with Gasteiger partial charge in [0.05, 0.1) is 32.9 Å². The molecular weight excluding hydrogens is 465 g/mol. The molecule has 0 fully saturated rings. The summed E-state index contributed by atoms with van der Waals surface area (Å²) < 4.78 is 0. The van der Waals surface area contributed by atoms with Crippen LogP contribution in [0.4, 0.5) is 17.1 Å². The summed E-state index contributed by atoms with van der Waals surface area (Å²) in [5.41, 5.74) is 0.832. The van der Waals surface area contributed by atoms with Gasteiger partial charge in [-0.1, -0.05) is 41.4 Å². The summed E-state index contributed by atoms with van der Waals surface area (Å²) in [6.07, 6.45) is 0. The Bertz CT molecular complexity index is 1270. The van der Waals surface area contributed by atoms with Crippen LogP contribution in [0.25, 0.3) is 0 Å². The highest BCUT2D eigenvalue weighted by Crippen LogP contribution is 2.42. The summed E-state index contributed by atoms with van der Waals surface area (Å²) in [4.78, 5) is 40.6. The summed E-state index contributed by atoms with van der Waals surface area (Å²) in [5.74, 6) is -0.701. The molecule has 4 rings (SSSR count). The molecule has 0 unspecified atom stereocenters. The molecule has 0 spiro atoms. The number of nitro benzene ring substituents is 1. The fraction of sp³-hybridized carbons (Fsp3) is 0.167. The van der Waals surface area contributed by atoms with Crippen molar-refractivity contribution in [2.45, 2.75) is 25.9 Å². The number of hydrogen-bond acceptors (Lipinski definition) is 4. The van der Waals surface area contributed by atoms with Gasteiger partial charge in [0, 0.05) is 17.7 Å². The van der Waals surface area contributed by atoms with Crippen LogP contribution in [-0.4, -0.2) is 22.3 Å². The number of carbonyl (C=O) groups excluding carboxylic acids is 2. The molecule has 0 atom stereocenters. The van der Waals surface area contributed by atoms with Crippen molar-refractivity contribution in [3.63, 3.8) is 0 Å². The molecular formula is C24H19Cl2N3O4. The quantitative estimate of drug-likeness (QED) is 0.342. The number of benzene rings is 3. The highest BCUT2D eigenvalue weighted by Gasteiger charge is 2.47. The lowest BCUT2D eigenvalue weighted by atomic mass is 9.93. The van der Waals surface area contributed by atoms with E-state index < -0.39 is 16.4 Å². The van der Waals surface area contributed by atoms with E-state index in [-0.39, 0.29) is 23.7 Å². The molecule has 168 valence electrons. The van der Waals surface area contributed by atoms with Crippen LogP contribution in [0.15, 0.2) is 66.7 Å². The van der Waals surface area contributed by atoms with Gasteiger partial charge in [0.1, 0.15) is 5.54 Å². The summed E-state index contributed by atoms with van der Waals surface area (Å²) in [7, 11) is 0. The van der Waals surface area contributed by atoms with Crippen LogP contribution in [0, 0.1) is 10.1 Å². The Morgan fingerprint density at radius 2 is 1.61 bits per heavy atom. The minimum Gasteiger partial charge on any atom is -0.304 e. The maximum atomic E-state index is 13.6. The van der Waals surface area contributed by atoms with Gasteiger partial charge in [0.2, 0.25) is 0 Å². The lowest BCUT2D eigenvalue weighted by Gasteiger charge is -2.46. The average Bonchev–Trinajstić information content (AvgIpc) is 2.79. The summed E-state index contributed by atoms with van der Waals surface area (Å²) >= 11 is 12.2. The minimum absolute atomic E-state index is 0.117. The second kappa shape index (κ2) is 8.50. The van der Waals surface area contributed by atoms with Crippen LogP contribution in [0.1, 0.15) is 29.8 Å². The van der Waals surface area contributed by atoms with Crippen molar-refractivity contribution in [1.82, 2.24) is 0 Å². The van der Waals surface area contributed by atoms with Crippen molar-refractivity contribution in [1.29, 1.82) is 0 Å². The lowest BCUT2D eigenvalue weighted by Crippen LogP contribution is -2.62. The molecule has 0 bridgehead atoms. The van der Waals surface area contributed by atoms with E-state index in [0.29, 0.717) is 21.4 Å². The number of hydrogen-bond donors (Lipinski definition) is 0. The second-order valence-electron chi connectivity index (χ2n) is 8.13. The van der Waals surface area contributed by atoms with Gasteiger partial charge in [0.15, 0.2) is 0 Å². The molecule has 0 saturated heterocycles. The highest BCUT2D eigenvalue weighted by atomic mass is 35.5. The van der Waals surface area contributed by atoms with E-state index in [1.54, 1.807) is 61.2 Å². The van der Waals surface area contributed by atoms with E-state index in [9.17, 15) is 19.7 Å². The normalized spacial score (nSPS) is 14.7. The van der Waals surface area contributed by atoms with Crippen molar-refractivity contribution < 1.29 is 14.5 Å². The van der Waals surface area contributed by atoms with Crippen molar-refractivity contribution >= 4 is 52.1 Å². The Morgan fingerprint density at radius 1 is 0.970 bits per heavy atom. The van der Waals surface area contributed by atoms with Crippen LogP contribution in [0.5, 0.6) is 0 Å². The Labute approximate surface area is 200 Å². The smallest absolute Gasteiger partial charge is 0.269 e. The van der Waals surface area contributed by atoms with Crippen molar-refractivity contribution in [3.8, 4) is 0 Å². The summed E-state index contributed by atoms with van der Waals surface area (Å²) in [5, 5.41) is 11.8. The zero-order valence-corrected chi connectivity index (χ0v) is 19.3. The number of para-hydroxylation sites is 2. The van der Waals surface area contributed by atoms with Crippen LogP contribution < -0.4 is 9.80 Å². The van der Waals surface area contributed by atoms with E-state index in [1.165, 1.54) is 29.2 Å². The van der Waals surface area contributed by atoms with Gasteiger partial charge in [-0.25, -0.2) is 0 Å². The molecule has 3 aromatic rings. The molecule has 0 saturated carbocycles. The van der Waals surface area contributed by atoms with Gasteiger partial charge >= 0.3 is 0 Å². The molecule has 7 nitrogen and oxygen atoms in total. The van der Waals surface area contributed by atoms with Crippen molar-refractivity contribution in [2.24, 2.45) is 0 Å². The fourth-order valence-corrected chi connectivity index (χ4v) is 4.23. The average molecular weight is 484 g/mol. The molecule has 3 aromatic carbocycles. The van der Waals surface area contributed by atoms with Crippen LogP contribution in [-0.2, 0) is 11.3 Å². The molecule has 1 aliphatic heterocycles. The van der Waals surface area contributed by atoms with Gasteiger partial charge in [-0.05, 0) is 55.8 Å². The molecule has 33 heavy (non-hydrogen) atoms.